The van der Waals surface area contributed by atoms with Crippen molar-refractivity contribution >= 4 is 27.6 Å². The fourth-order valence-corrected chi connectivity index (χ4v) is 2.62. The van der Waals surface area contributed by atoms with E-state index in [1.807, 2.05) is 6.92 Å². The summed E-state index contributed by atoms with van der Waals surface area (Å²) in [5.41, 5.74) is 0.969. The first kappa shape index (κ1) is 18.8. The van der Waals surface area contributed by atoms with Gasteiger partial charge in [-0.05, 0) is 42.7 Å². The maximum Gasteiger partial charge on any atom is 0.238 e. The lowest BCUT2D eigenvalue weighted by Gasteiger charge is -2.07. The minimum absolute atomic E-state index is 0.0829. The molecule has 4 N–H and O–H groups in total. The Kier molecular flexibility index (Phi) is 6.43. The zero-order valence-corrected chi connectivity index (χ0v) is 14.7. The van der Waals surface area contributed by atoms with Crippen LogP contribution >= 0.6 is 0 Å². The van der Waals surface area contributed by atoms with Crippen LogP contribution in [0.15, 0.2) is 41.3 Å². The lowest BCUT2D eigenvalue weighted by atomic mass is 10.1. The molecule has 0 bridgehead atoms. The van der Waals surface area contributed by atoms with Crippen LogP contribution in [0.25, 0.3) is 0 Å². The van der Waals surface area contributed by atoms with Gasteiger partial charge in [-0.3, -0.25) is 4.79 Å². The second kappa shape index (κ2) is 8.54. The van der Waals surface area contributed by atoms with Gasteiger partial charge < -0.3 is 10.6 Å². The van der Waals surface area contributed by atoms with Gasteiger partial charge in [0.1, 0.15) is 5.82 Å². The monoisotopic (exact) mass is 363 g/mol. The molecule has 0 saturated heterocycles. The highest BCUT2D eigenvalue weighted by atomic mass is 32.2. The van der Waals surface area contributed by atoms with Crippen LogP contribution in [-0.2, 0) is 21.2 Å². The van der Waals surface area contributed by atoms with E-state index in [1.165, 1.54) is 12.1 Å². The third-order valence-electron chi connectivity index (χ3n) is 3.38. The van der Waals surface area contributed by atoms with E-state index in [4.69, 9.17) is 5.14 Å². The topological polar surface area (TPSA) is 127 Å². The summed E-state index contributed by atoms with van der Waals surface area (Å²) in [6.07, 6.45) is 1.91. The average molecular weight is 363 g/mol. The van der Waals surface area contributed by atoms with Gasteiger partial charge in [0.2, 0.25) is 15.9 Å². The number of anilines is 2. The van der Waals surface area contributed by atoms with Crippen molar-refractivity contribution in [3.05, 3.63) is 42.0 Å². The Balaban J connectivity index is 1.82. The van der Waals surface area contributed by atoms with Crippen molar-refractivity contribution in [1.29, 1.82) is 0 Å². The van der Waals surface area contributed by atoms with E-state index >= 15 is 0 Å². The van der Waals surface area contributed by atoms with Crippen LogP contribution in [0.2, 0.25) is 0 Å². The second-order valence-electron chi connectivity index (χ2n) is 5.47. The molecule has 1 amide bonds. The molecule has 0 aliphatic heterocycles. The maximum atomic E-state index is 11.5. The molecule has 1 aromatic heterocycles. The first-order chi connectivity index (χ1) is 11.9. The van der Waals surface area contributed by atoms with Crippen LogP contribution in [0.3, 0.4) is 0 Å². The molecule has 0 aliphatic rings. The Hall–Kier alpha value is -2.52. The second-order valence-corrected chi connectivity index (χ2v) is 7.03. The molecule has 25 heavy (non-hydrogen) atoms. The third-order valence-corrected chi connectivity index (χ3v) is 4.31. The number of benzene rings is 1. The summed E-state index contributed by atoms with van der Waals surface area (Å²) in [6.45, 7) is 2.53. The van der Waals surface area contributed by atoms with Crippen molar-refractivity contribution in [2.45, 2.75) is 31.1 Å². The Labute approximate surface area is 146 Å². The number of amides is 1. The minimum Gasteiger partial charge on any atom is -0.368 e. The Morgan fingerprint density at radius 1 is 1.08 bits per heavy atom. The number of primary sulfonamides is 1. The predicted molar refractivity (Wildman–Crippen MR) is 95.6 cm³/mol. The molecule has 8 nitrogen and oxygen atoms in total. The van der Waals surface area contributed by atoms with E-state index in [-0.39, 0.29) is 10.8 Å². The largest absolute Gasteiger partial charge is 0.368 e. The van der Waals surface area contributed by atoms with Crippen LogP contribution in [0.5, 0.6) is 0 Å². The predicted octanol–water partition coefficient (Wildman–Crippen LogP) is 1.52. The van der Waals surface area contributed by atoms with Crippen molar-refractivity contribution in [3.63, 3.8) is 0 Å². The molecule has 2 rings (SSSR count). The fraction of sp³-hybridized carbons (Fsp3) is 0.312. The summed E-state index contributed by atoms with van der Waals surface area (Å²) in [6, 6.07) is 9.83. The van der Waals surface area contributed by atoms with Crippen LogP contribution < -0.4 is 15.8 Å². The van der Waals surface area contributed by atoms with Crippen LogP contribution in [0.1, 0.15) is 25.3 Å². The van der Waals surface area contributed by atoms with Crippen molar-refractivity contribution < 1.29 is 13.2 Å². The fourth-order valence-electron chi connectivity index (χ4n) is 2.11. The molecule has 9 heteroatoms. The molecule has 0 atom stereocenters. The van der Waals surface area contributed by atoms with E-state index in [0.29, 0.717) is 31.0 Å². The highest BCUT2D eigenvalue weighted by Crippen LogP contribution is 2.10. The Bertz CT molecular complexity index is 805. The molecule has 1 aromatic carbocycles. The third kappa shape index (κ3) is 6.12. The number of nitrogens with two attached hydrogens (primary N) is 1. The number of rotatable bonds is 8. The highest BCUT2D eigenvalue weighted by Gasteiger charge is 2.07. The van der Waals surface area contributed by atoms with E-state index in [9.17, 15) is 13.2 Å². The van der Waals surface area contributed by atoms with Crippen LogP contribution in [0, 0.1) is 0 Å². The first-order valence-corrected chi connectivity index (χ1v) is 9.42. The quantitative estimate of drug-likeness (QED) is 0.652. The Morgan fingerprint density at radius 3 is 2.28 bits per heavy atom. The van der Waals surface area contributed by atoms with Gasteiger partial charge in [0, 0.05) is 13.0 Å². The SMILES string of the molecule is CCCC(=O)Nc1ccc(NCCc2ccc(S(N)(=O)=O)cc2)nn1. The normalized spacial score (nSPS) is 11.1. The molecule has 1 heterocycles. The zero-order valence-electron chi connectivity index (χ0n) is 13.9. The van der Waals surface area contributed by atoms with Crippen molar-refractivity contribution in [1.82, 2.24) is 10.2 Å². The summed E-state index contributed by atoms with van der Waals surface area (Å²) in [5, 5.41) is 18.8. The molecule has 0 aliphatic carbocycles. The summed E-state index contributed by atoms with van der Waals surface area (Å²) in [7, 11) is -3.66. The van der Waals surface area contributed by atoms with Crippen molar-refractivity contribution in [3.8, 4) is 0 Å². The summed E-state index contributed by atoms with van der Waals surface area (Å²) >= 11 is 0. The van der Waals surface area contributed by atoms with E-state index < -0.39 is 10.0 Å². The lowest BCUT2D eigenvalue weighted by molar-refractivity contribution is -0.116. The zero-order chi connectivity index (χ0) is 18.3. The standard InChI is InChI=1S/C16H21N5O3S/c1-2-3-16(22)19-15-9-8-14(20-21-15)18-11-10-12-4-6-13(7-5-12)25(17,23)24/h4-9H,2-3,10-11H2,1H3,(H,18,20)(H2,17,23,24)(H,19,21,22). The van der Waals surface area contributed by atoms with E-state index in [1.54, 1.807) is 24.3 Å². The number of nitrogens with one attached hydrogen (secondary N) is 2. The number of hydrogen-bond acceptors (Lipinski definition) is 6. The van der Waals surface area contributed by atoms with Gasteiger partial charge in [0.05, 0.1) is 4.90 Å². The molecular formula is C16H21N5O3S. The number of carbonyl (C=O) groups is 1. The molecule has 0 fully saturated rings. The highest BCUT2D eigenvalue weighted by molar-refractivity contribution is 7.89. The molecule has 0 saturated carbocycles. The smallest absolute Gasteiger partial charge is 0.238 e. The summed E-state index contributed by atoms with van der Waals surface area (Å²) in [4.78, 5) is 11.6. The van der Waals surface area contributed by atoms with Crippen molar-refractivity contribution in [2.24, 2.45) is 5.14 Å². The molecule has 2 aromatic rings. The number of hydrogen-bond donors (Lipinski definition) is 3. The van der Waals surface area contributed by atoms with Gasteiger partial charge >= 0.3 is 0 Å². The van der Waals surface area contributed by atoms with Gasteiger partial charge in [-0.15, -0.1) is 10.2 Å². The van der Waals surface area contributed by atoms with Crippen LogP contribution in [-0.4, -0.2) is 31.1 Å². The van der Waals surface area contributed by atoms with Gasteiger partial charge in [0.25, 0.3) is 0 Å². The summed E-state index contributed by atoms with van der Waals surface area (Å²) < 4.78 is 22.4. The van der Waals surface area contributed by atoms with Crippen LogP contribution in [0.4, 0.5) is 11.6 Å². The molecule has 0 spiro atoms. The van der Waals surface area contributed by atoms with Gasteiger partial charge in [-0.25, -0.2) is 13.6 Å². The minimum atomic E-state index is -3.66. The van der Waals surface area contributed by atoms with E-state index in [2.05, 4.69) is 20.8 Å². The number of carbonyl (C=O) groups excluding carboxylic acids is 1. The Morgan fingerprint density at radius 2 is 1.72 bits per heavy atom. The molecule has 0 radical (unpaired) electrons. The lowest BCUT2D eigenvalue weighted by Crippen LogP contribution is -2.13. The summed E-state index contributed by atoms with van der Waals surface area (Å²) in [5.74, 6) is 0.928. The molecular weight excluding hydrogens is 342 g/mol. The van der Waals surface area contributed by atoms with Gasteiger partial charge in [-0.2, -0.15) is 0 Å². The number of aromatic nitrogens is 2. The van der Waals surface area contributed by atoms with E-state index in [0.717, 1.165) is 12.0 Å². The average Bonchev–Trinajstić information content (AvgIpc) is 2.56. The molecule has 0 unspecified atom stereocenters. The molecule has 134 valence electrons. The van der Waals surface area contributed by atoms with Crippen molar-refractivity contribution in [2.75, 3.05) is 17.2 Å². The first-order valence-electron chi connectivity index (χ1n) is 7.87. The van der Waals surface area contributed by atoms with Gasteiger partial charge in [0.15, 0.2) is 5.82 Å². The maximum absolute atomic E-state index is 11.5. The van der Waals surface area contributed by atoms with Gasteiger partial charge in [-0.1, -0.05) is 19.1 Å². The number of sulfonamides is 1. The number of nitrogens with zero attached hydrogens (tertiary/aromatic N) is 2.